The molecular weight excluding hydrogens is 370 g/mol. The molecule has 154 valence electrons. The molecule has 7 nitrogen and oxygen atoms in total. The number of benzene rings is 1. The molecule has 7 heteroatoms. The average molecular weight is 397 g/mol. The first-order valence-electron chi connectivity index (χ1n) is 9.84. The number of H-pyrrole nitrogens is 1. The number of amides is 2. The van der Waals surface area contributed by atoms with Crippen molar-refractivity contribution < 1.29 is 19.1 Å². The molecule has 29 heavy (non-hydrogen) atoms. The summed E-state index contributed by atoms with van der Waals surface area (Å²) in [6.07, 6.45) is 2.77. The second-order valence-electron chi connectivity index (χ2n) is 7.46. The summed E-state index contributed by atoms with van der Waals surface area (Å²) in [5.74, 6) is 0.266. The van der Waals surface area contributed by atoms with Gasteiger partial charge in [0, 0.05) is 23.8 Å². The third-order valence-electron chi connectivity index (χ3n) is 4.95. The molecule has 0 unspecified atom stereocenters. The van der Waals surface area contributed by atoms with Gasteiger partial charge in [-0.3, -0.25) is 14.4 Å². The molecule has 0 spiro atoms. The van der Waals surface area contributed by atoms with E-state index in [1.807, 2.05) is 24.3 Å². The van der Waals surface area contributed by atoms with Gasteiger partial charge in [-0.25, -0.2) is 0 Å². The second-order valence-corrected chi connectivity index (χ2v) is 7.46. The molecule has 2 aromatic rings. The highest BCUT2D eigenvalue weighted by Gasteiger charge is 2.23. The summed E-state index contributed by atoms with van der Waals surface area (Å²) >= 11 is 0. The van der Waals surface area contributed by atoms with E-state index in [4.69, 9.17) is 4.74 Å². The number of nitrogens with one attached hydrogen (secondary N) is 3. The smallest absolute Gasteiger partial charge is 0.268 e. The number of aryl methyl sites for hydroxylation is 1. The zero-order chi connectivity index (χ0) is 21.0. The topological polar surface area (TPSA) is 100 Å². The van der Waals surface area contributed by atoms with Crippen molar-refractivity contribution in [2.75, 3.05) is 13.2 Å². The number of ketones is 1. The van der Waals surface area contributed by atoms with Crippen molar-refractivity contribution in [3.8, 4) is 5.75 Å². The maximum Gasteiger partial charge on any atom is 0.268 e. The molecule has 1 saturated carbocycles. The fourth-order valence-electron chi connectivity index (χ4n) is 3.31. The summed E-state index contributed by atoms with van der Waals surface area (Å²) in [5.41, 5.74) is 3.45. The van der Waals surface area contributed by atoms with Gasteiger partial charge < -0.3 is 20.4 Å². The molecule has 0 saturated heterocycles. The van der Waals surface area contributed by atoms with Gasteiger partial charge in [0.05, 0.1) is 0 Å². The predicted molar refractivity (Wildman–Crippen MR) is 109 cm³/mol. The summed E-state index contributed by atoms with van der Waals surface area (Å²) < 4.78 is 5.48. The zero-order valence-corrected chi connectivity index (χ0v) is 17.1. The number of rotatable bonds is 9. The van der Waals surface area contributed by atoms with E-state index in [0.29, 0.717) is 47.3 Å². The lowest BCUT2D eigenvalue weighted by molar-refractivity contribution is -0.123. The van der Waals surface area contributed by atoms with Crippen LogP contribution in [0, 0.1) is 13.8 Å². The van der Waals surface area contributed by atoms with Crippen molar-refractivity contribution >= 4 is 17.6 Å². The lowest BCUT2D eigenvalue weighted by atomic mass is 10.1. The van der Waals surface area contributed by atoms with E-state index < -0.39 is 0 Å². The molecule has 1 fully saturated rings. The molecule has 1 aromatic heterocycles. The Hall–Kier alpha value is -3.09. The van der Waals surface area contributed by atoms with Crippen molar-refractivity contribution in [3.63, 3.8) is 0 Å². The molecule has 3 rings (SSSR count). The van der Waals surface area contributed by atoms with Gasteiger partial charge in [0.1, 0.15) is 11.4 Å². The summed E-state index contributed by atoms with van der Waals surface area (Å²) in [5, 5.41) is 5.76. The zero-order valence-electron chi connectivity index (χ0n) is 17.1. The number of carbonyl (C=O) groups is 3. The van der Waals surface area contributed by atoms with Crippen LogP contribution >= 0.6 is 0 Å². The van der Waals surface area contributed by atoms with E-state index in [2.05, 4.69) is 15.6 Å². The molecule has 0 radical (unpaired) electrons. The summed E-state index contributed by atoms with van der Waals surface area (Å²) in [7, 11) is 0. The maximum absolute atomic E-state index is 12.4. The second kappa shape index (κ2) is 8.94. The minimum absolute atomic E-state index is 0.0169. The van der Waals surface area contributed by atoms with Crippen molar-refractivity contribution in [1.29, 1.82) is 0 Å². The van der Waals surface area contributed by atoms with E-state index in [0.717, 1.165) is 18.4 Å². The lowest BCUT2D eigenvalue weighted by Gasteiger charge is -2.08. The highest BCUT2D eigenvalue weighted by molar-refractivity contribution is 6.02. The Morgan fingerprint density at radius 2 is 1.83 bits per heavy atom. The van der Waals surface area contributed by atoms with Gasteiger partial charge in [0.15, 0.2) is 12.4 Å². The van der Waals surface area contributed by atoms with Crippen LogP contribution in [0.5, 0.6) is 5.75 Å². The minimum Gasteiger partial charge on any atom is -0.484 e. The van der Waals surface area contributed by atoms with Gasteiger partial charge in [-0.05, 0) is 63.3 Å². The van der Waals surface area contributed by atoms with Crippen LogP contribution in [0.1, 0.15) is 57.4 Å². The summed E-state index contributed by atoms with van der Waals surface area (Å²) in [6, 6.07) is 7.80. The van der Waals surface area contributed by atoms with Crippen molar-refractivity contribution in [3.05, 3.63) is 52.3 Å². The quantitative estimate of drug-likeness (QED) is 0.566. The molecule has 1 aromatic carbocycles. The summed E-state index contributed by atoms with van der Waals surface area (Å²) in [6.45, 7) is 5.55. The lowest BCUT2D eigenvalue weighted by Crippen LogP contribution is -2.30. The van der Waals surface area contributed by atoms with Crippen LogP contribution in [0.15, 0.2) is 24.3 Å². The van der Waals surface area contributed by atoms with E-state index in [1.54, 1.807) is 13.8 Å². The van der Waals surface area contributed by atoms with Crippen molar-refractivity contribution in [1.82, 2.24) is 15.6 Å². The molecular formula is C22H27N3O4. The third kappa shape index (κ3) is 5.47. The predicted octanol–water partition coefficient (Wildman–Crippen LogP) is 2.46. The molecule has 1 aliphatic carbocycles. The fourth-order valence-corrected chi connectivity index (χ4v) is 3.31. The number of hydrogen-bond acceptors (Lipinski definition) is 4. The Bertz CT molecular complexity index is 911. The third-order valence-corrected chi connectivity index (χ3v) is 4.95. The fraction of sp³-hybridized carbons (Fsp3) is 0.409. The van der Waals surface area contributed by atoms with Crippen LogP contribution < -0.4 is 15.4 Å². The van der Waals surface area contributed by atoms with Crippen LogP contribution in [0.2, 0.25) is 0 Å². The van der Waals surface area contributed by atoms with E-state index in [-0.39, 0.29) is 24.2 Å². The van der Waals surface area contributed by atoms with Gasteiger partial charge in [0.25, 0.3) is 11.8 Å². The number of Topliss-reactive ketones (excluding diaryl/α,β-unsaturated/α-hetero) is 1. The molecule has 0 bridgehead atoms. The molecule has 2 amide bonds. The van der Waals surface area contributed by atoms with Gasteiger partial charge in [-0.15, -0.1) is 0 Å². The number of ether oxygens (including phenoxy) is 1. The monoisotopic (exact) mass is 397 g/mol. The first kappa shape index (κ1) is 20.6. The van der Waals surface area contributed by atoms with Gasteiger partial charge >= 0.3 is 0 Å². The van der Waals surface area contributed by atoms with E-state index >= 15 is 0 Å². The normalized spacial score (nSPS) is 13.1. The van der Waals surface area contributed by atoms with Crippen LogP contribution in [-0.2, 0) is 11.2 Å². The Morgan fingerprint density at radius 3 is 2.41 bits per heavy atom. The van der Waals surface area contributed by atoms with E-state index in [9.17, 15) is 14.4 Å². The molecule has 0 atom stereocenters. The number of hydrogen-bond donors (Lipinski definition) is 3. The first-order chi connectivity index (χ1) is 13.8. The molecule has 0 aliphatic heterocycles. The highest BCUT2D eigenvalue weighted by Crippen LogP contribution is 2.19. The molecule has 3 N–H and O–H groups in total. The average Bonchev–Trinajstić information content (AvgIpc) is 3.43. The SMILES string of the molecule is CC(=O)c1c(C)[nH]c(C(=O)NCCc2ccc(OCC(=O)NC3CC3)cc2)c1C. The van der Waals surface area contributed by atoms with Crippen LogP contribution in [0.25, 0.3) is 0 Å². The van der Waals surface area contributed by atoms with Crippen LogP contribution in [0.3, 0.4) is 0 Å². The standard InChI is InChI=1S/C22H27N3O4/c1-13-20(15(3)26)14(2)24-21(13)22(28)23-11-10-16-4-8-18(9-5-16)29-12-19(27)25-17-6-7-17/h4-5,8-9,17,24H,6-7,10-12H2,1-3H3,(H,23,28)(H,25,27). The largest absolute Gasteiger partial charge is 0.484 e. The number of carbonyl (C=O) groups excluding carboxylic acids is 3. The Labute approximate surface area is 170 Å². The van der Waals surface area contributed by atoms with Crippen molar-refractivity contribution in [2.45, 2.75) is 46.1 Å². The Morgan fingerprint density at radius 1 is 1.14 bits per heavy atom. The number of aromatic amines is 1. The van der Waals surface area contributed by atoms with Gasteiger partial charge in [0.2, 0.25) is 0 Å². The first-order valence-corrected chi connectivity index (χ1v) is 9.84. The van der Waals surface area contributed by atoms with Crippen LogP contribution in [-0.4, -0.2) is 41.8 Å². The Kier molecular flexibility index (Phi) is 6.36. The van der Waals surface area contributed by atoms with Gasteiger partial charge in [-0.2, -0.15) is 0 Å². The van der Waals surface area contributed by atoms with E-state index in [1.165, 1.54) is 6.92 Å². The summed E-state index contributed by atoms with van der Waals surface area (Å²) in [4.78, 5) is 38.8. The van der Waals surface area contributed by atoms with Gasteiger partial charge in [-0.1, -0.05) is 12.1 Å². The molecule has 1 aliphatic rings. The van der Waals surface area contributed by atoms with Crippen molar-refractivity contribution in [2.24, 2.45) is 0 Å². The number of aromatic nitrogens is 1. The van der Waals surface area contributed by atoms with Crippen LogP contribution in [0.4, 0.5) is 0 Å². The maximum atomic E-state index is 12.4. The highest BCUT2D eigenvalue weighted by atomic mass is 16.5. The minimum atomic E-state index is -0.222. The molecule has 1 heterocycles. The Balaban J connectivity index is 1.45.